The van der Waals surface area contributed by atoms with Gasteiger partial charge in [-0.2, -0.15) is 0 Å². The molecular formula is C62H57N9O3. The fourth-order valence-corrected chi connectivity index (χ4v) is 12.8. The first-order valence-corrected chi connectivity index (χ1v) is 26.7. The summed E-state index contributed by atoms with van der Waals surface area (Å²) in [7, 11) is 0. The van der Waals surface area contributed by atoms with E-state index >= 15 is 4.79 Å². The predicted molar refractivity (Wildman–Crippen MR) is 289 cm³/mol. The van der Waals surface area contributed by atoms with Gasteiger partial charge in [-0.1, -0.05) is 65.9 Å². The van der Waals surface area contributed by atoms with E-state index in [4.69, 9.17) is 14.5 Å². The minimum absolute atomic E-state index is 0.0595. The number of fused-ring (bicyclic) bond motifs is 8. The van der Waals surface area contributed by atoms with Crippen LogP contribution in [0.1, 0.15) is 105 Å². The lowest BCUT2D eigenvalue weighted by Crippen LogP contribution is -2.49. The number of ether oxygens (including phenoxy) is 2. The molecule has 0 atom stereocenters. The molecule has 0 saturated carbocycles. The lowest BCUT2D eigenvalue weighted by Gasteiger charge is -2.48. The quantitative estimate of drug-likeness (QED) is 0.116. The number of unbranched alkanes of at least 4 members (excludes halogenated alkanes) is 1. The van der Waals surface area contributed by atoms with Crippen molar-refractivity contribution in [3.8, 4) is 40.0 Å². The summed E-state index contributed by atoms with van der Waals surface area (Å²) in [4.78, 5) is 37.2. The lowest BCUT2D eigenvalue weighted by molar-refractivity contribution is 0.0984. The molecule has 0 aliphatic carbocycles. The molecule has 0 radical (unpaired) electrons. The van der Waals surface area contributed by atoms with Crippen molar-refractivity contribution in [2.75, 3.05) is 47.5 Å². The van der Waals surface area contributed by atoms with Gasteiger partial charge in [-0.15, -0.1) is 5.10 Å². The molecule has 8 aromatic rings. The van der Waals surface area contributed by atoms with E-state index in [1.54, 1.807) is 0 Å². The topological polar surface area (TPSA) is 115 Å². The highest BCUT2D eigenvalue weighted by Crippen LogP contribution is 2.63. The molecule has 6 aliphatic heterocycles. The molecule has 1 amide bonds. The number of hydrogen-bond acceptors (Lipinski definition) is 10. The van der Waals surface area contributed by atoms with Crippen molar-refractivity contribution in [1.29, 1.82) is 0 Å². The minimum Gasteiger partial charge on any atom is -0.494 e. The summed E-state index contributed by atoms with van der Waals surface area (Å²) in [5, 5.41) is 9.19. The number of pyridine rings is 3. The Kier molecular flexibility index (Phi) is 10.9. The van der Waals surface area contributed by atoms with Crippen molar-refractivity contribution < 1.29 is 14.3 Å². The molecule has 10 heterocycles. The summed E-state index contributed by atoms with van der Waals surface area (Å²) >= 11 is 0. The lowest BCUT2D eigenvalue weighted by atomic mass is 9.70. The van der Waals surface area contributed by atoms with Crippen LogP contribution in [0.2, 0.25) is 0 Å². The van der Waals surface area contributed by atoms with Crippen LogP contribution in [0.5, 0.6) is 17.2 Å². The van der Waals surface area contributed by atoms with Crippen molar-refractivity contribution in [2.45, 2.75) is 83.2 Å². The molecule has 368 valence electrons. The fraction of sp³-hybridized carbons (Fsp3) is 0.290. The van der Waals surface area contributed by atoms with Gasteiger partial charge in [0.05, 0.1) is 29.9 Å². The Hall–Kier alpha value is -8.12. The summed E-state index contributed by atoms with van der Waals surface area (Å²) in [6, 6.07) is 35.3. The van der Waals surface area contributed by atoms with E-state index in [1.807, 2.05) is 89.7 Å². The van der Waals surface area contributed by atoms with Crippen LogP contribution in [-0.4, -0.2) is 68.6 Å². The zero-order valence-electron chi connectivity index (χ0n) is 41.8. The van der Waals surface area contributed by atoms with Crippen molar-refractivity contribution in [3.05, 3.63) is 183 Å². The normalized spacial score (nSPS) is 16.7. The fourth-order valence-electron chi connectivity index (χ4n) is 12.8. The highest BCUT2D eigenvalue weighted by atomic mass is 16.5. The van der Waals surface area contributed by atoms with E-state index < -0.39 is 5.54 Å². The van der Waals surface area contributed by atoms with Crippen LogP contribution in [0, 0.1) is 6.92 Å². The van der Waals surface area contributed by atoms with Crippen LogP contribution in [0.25, 0.3) is 34.9 Å². The molecule has 4 aromatic carbocycles. The van der Waals surface area contributed by atoms with Gasteiger partial charge < -0.3 is 19.3 Å². The number of carbonyl (C=O) groups excluding carboxylic acids is 1. The maximum atomic E-state index is 15.5. The first-order valence-electron chi connectivity index (χ1n) is 26.7. The van der Waals surface area contributed by atoms with E-state index in [0.29, 0.717) is 35.9 Å². The zero-order chi connectivity index (χ0) is 49.3. The van der Waals surface area contributed by atoms with E-state index in [9.17, 15) is 0 Å². The van der Waals surface area contributed by atoms with Crippen molar-refractivity contribution in [2.24, 2.45) is 0 Å². The first-order chi connectivity index (χ1) is 36.5. The molecule has 14 rings (SSSR count). The van der Waals surface area contributed by atoms with Gasteiger partial charge in [0, 0.05) is 89.9 Å². The zero-order valence-corrected chi connectivity index (χ0v) is 41.8. The highest BCUT2D eigenvalue weighted by Gasteiger charge is 2.59. The van der Waals surface area contributed by atoms with Crippen LogP contribution in [-0.2, 0) is 37.8 Å². The van der Waals surface area contributed by atoms with E-state index in [0.717, 1.165) is 152 Å². The Morgan fingerprint density at radius 3 is 2.00 bits per heavy atom. The third-order valence-corrected chi connectivity index (χ3v) is 16.1. The number of rotatable bonds is 11. The number of benzene rings is 4. The van der Waals surface area contributed by atoms with Crippen LogP contribution < -0.4 is 24.2 Å². The monoisotopic (exact) mass is 975 g/mol. The van der Waals surface area contributed by atoms with E-state index in [2.05, 4.69) is 90.8 Å². The Labute approximate surface area is 431 Å². The molecule has 0 N–H and O–H groups in total. The Balaban J connectivity index is 0.718. The molecule has 1 spiro atoms. The number of anilines is 3. The van der Waals surface area contributed by atoms with E-state index in [1.165, 1.54) is 33.6 Å². The van der Waals surface area contributed by atoms with E-state index in [-0.39, 0.29) is 5.91 Å². The maximum Gasteiger partial charge on any atom is 0.261 e. The van der Waals surface area contributed by atoms with Gasteiger partial charge in [0.2, 0.25) is 0 Å². The van der Waals surface area contributed by atoms with Crippen molar-refractivity contribution in [3.63, 3.8) is 0 Å². The maximum absolute atomic E-state index is 15.5. The number of aromatic nitrogens is 6. The Morgan fingerprint density at radius 1 is 0.649 bits per heavy atom. The number of amides is 1. The highest BCUT2D eigenvalue weighted by molar-refractivity contribution is 6.14. The Morgan fingerprint density at radius 2 is 1.31 bits per heavy atom. The molecule has 6 aliphatic rings. The van der Waals surface area contributed by atoms with Crippen molar-refractivity contribution in [1.82, 2.24) is 29.9 Å². The van der Waals surface area contributed by atoms with Crippen LogP contribution in [0.4, 0.5) is 17.2 Å². The molecule has 0 bridgehead atoms. The number of aryl methyl sites for hydroxylation is 4. The van der Waals surface area contributed by atoms with Crippen LogP contribution in [0.3, 0.4) is 0 Å². The summed E-state index contributed by atoms with van der Waals surface area (Å²) in [5.74, 6) is 3.22. The third-order valence-electron chi connectivity index (χ3n) is 16.1. The second-order valence-electron chi connectivity index (χ2n) is 20.8. The standard InChI is InChI=1S/C62H57N9O3/c1-40-19-27-52(63-37-40)53-28-24-42(38-64-53)21-20-41-22-25-45(26-23-41)73-34-5-4-33-70-39-55(66-67-70)54-17-6-18-56(65-54)71-61(72)46-13-2-3-16-49(46)62(71)50-35-43-11-7-29-68-31-9-14-47(57(43)68)59(50)74-60-48-15-10-32-69-30-8-12-44(58(48)69)36-51(60)62/h2-3,6,13,16-28,35-39H,4-5,7-12,14-15,29-34H2,1H3/b21-20+. The molecule has 0 fully saturated rings. The van der Waals surface area contributed by atoms with Gasteiger partial charge in [0.1, 0.15) is 34.3 Å². The predicted octanol–water partition coefficient (Wildman–Crippen LogP) is 11.6. The first kappa shape index (κ1) is 44.6. The van der Waals surface area contributed by atoms with Crippen LogP contribution >= 0.6 is 0 Å². The van der Waals surface area contributed by atoms with Gasteiger partial charge in [-0.3, -0.25) is 24.3 Å². The molecule has 0 saturated heterocycles. The average Bonchev–Trinajstić information content (AvgIpc) is 4.19. The molecule has 12 heteroatoms. The van der Waals surface area contributed by atoms with Gasteiger partial charge >= 0.3 is 0 Å². The second-order valence-corrected chi connectivity index (χ2v) is 20.8. The third kappa shape index (κ3) is 7.39. The molecule has 12 nitrogen and oxygen atoms in total. The number of carbonyl (C=O) groups is 1. The minimum atomic E-state index is -1.01. The van der Waals surface area contributed by atoms with Crippen molar-refractivity contribution >= 4 is 35.3 Å². The number of hydrogen-bond donors (Lipinski definition) is 0. The second kappa shape index (κ2) is 18.1. The van der Waals surface area contributed by atoms with Crippen LogP contribution in [0.15, 0.2) is 122 Å². The summed E-state index contributed by atoms with van der Waals surface area (Å²) in [6.45, 7) is 7.56. The molecule has 74 heavy (non-hydrogen) atoms. The smallest absolute Gasteiger partial charge is 0.261 e. The average molecular weight is 976 g/mol. The molecule has 4 aromatic heterocycles. The Bertz CT molecular complexity index is 3440. The SMILES string of the molecule is Cc1ccc(-c2ccc(/C=C/c3ccc(OCCCCn4cc(-c5cccc(N6C(=O)c7ccccc7C67c6cc8c9c(c6Oc6c7cc7c%10c6CCCN%10CCC7)CCCN9CCC8)n5)nn4)cc3)cn2)nc1. The van der Waals surface area contributed by atoms with Gasteiger partial charge in [-0.05, 0) is 154 Å². The number of nitrogens with zero attached hydrogens (tertiary/aromatic N) is 9. The molecule has 0 unspecified atom stereocenters. The molecular weight excluding hydrogens is 919 g/mol. The largest absolute Gasteiger partial charge is 0.494 e. The van der Waals surface area contributed by atoms with Gasteiger partial charge in [-0.25, -0.2) is 4.98 Å². The van der Waals surface area contributed by atoms with Gasteiger partial charge in [0.25, 0.3) is 5.91 Å². The summed E-state index contributed by atoms with van der Waals surface area (Å²) in [6.07, 6.45) is 19.8. The summed E-state index contributed by atoms with van der Waals surface area (Å²) in [5.41, 5.74) is 17.1. The van der Waals surface area contributed by atoms with Gasteiger partial charge in [0.15, 0.2) is 0 Å². The summed E-state index contributed by atoms with van der Waals surface area (Å²) < 4.78 is 15.5.